The Morgan fingerprint density at radius 3 is 2.52 bits per heavy atom. The zero-order chi connectivity index (χ0) is 19.2. The Morgan fingerprint density at radius 2 is 1.89 bits per heavy atom. The molecule has 2 rings (SSSR count). The van der Waals surface area contributed by atoms with Crippen molar-refractivity contribution < 1.29 is 8.42 Å². The largest absolute Gasteiger partial charge is 0.352 e. The van der Waals surface area contributed by atoms with E-state index < -0.39 is 10.0 Å². The van der Waals surface area contributed by atoms with E-state index in [0.29, 0.717) is 24.1 Å². The van der Waals surface area contributed by atoms with E-state index in [1.165, 1.54) is 7.05 Å². The standard InChI is InChI=1S/C18H23ClN4O2S.HI/c1-20-18(23(3)13-15-8-4-5-10-17(15)19)22-12-14-7-6-9-16(11-14)26(24,25)21-2;/h4-11,21H,12-13H2,1-3H3,(H,20,22);1H. The van der Waals surface area contributed by atoms with Crippen LogP contribution in [0.4, 0.5) is 0 Å². The zero-order valence-electron chi connectivity index (χ0n) is 15.4. The Labute approximate surface area is 183 Å². The summed E-state index contributed by atoms with van der Waals surface area (Å²) < 4.78 is 26.1. The first-order chi connectivity index (χ1) is 12.4. The summed E-state index contributed by atoms with van der Waals surface area (Å²) in [7, 11) is 1.55. The number of nitrogens with zero attached hydrogens (tertiary/aromatic N) is 2. The minimum Gasteiger partial charge on any atom is -0.352 e. The lowest BCUT2D eigenvalue weighted by Gasteiger charge is -2.22. The van der Waals surface area contributed by atoms with Crippen LogP contribution in [0.2, 0.25) is 5.02 Å². The molecule has 0 heterocycles. The molecule has 2 aromatic carbocycles. The summed E-state index contributed by atoms with van der Waals surface area (Å²) >= 11 is 6.21. The molecule has 0 unspecified atom stereocenters. The Balaban J connectivity index is 0.00000364. The lowest BCUT2D eigenvalue weighted by Crippen LogP contribution is -2.38. The Morgan fingerprint density at radius 1 is 1.19 bits per heavy atom. The second-order valence-electron chi connectivity index (χ2n) is 5.70. The van der Waals surface area contributed by atoms with E-state index in [9.17, 15) is 8.42 Å². The molecule has 0 radical (unpaired) electrons. The fourth-order valence-electron chi connectivity index (χ4n) is 2.46. The first-order valence-corrected chi connectivity index (χ1v) is 9.91. The van der Waals surface area contributed by atoms with Crippen molar-refractivity contribution >= 4 is 51.6 Å². The molecule has 0 aliphatic carbocycles. The number of aliphatic imine (C=N–C) groups is 1. The average Bonchev–Trinajstić information content (AvgIpc) is 2.64. The van der Waals surface area contributed by atoms with Crippen LogP contribution in [0.25, 0.3) is 0 Å². The van der Waals surface area contributed by atoms with Crippen LogP contribution in [-0.2, 0) is 23.1 Å². The van der Waals surface area contributed by atoms with Crippen molar-refractivity contribution in [2.75, 3.05) is 21.1 Å². The molecule has 0 spiro atoms. The average molecular weight is 523 g/mol. The van der Waals surface area contributed by atoms with E-state index in [1.807, 2.05) is 42.3 Å². The van der Waals surface area contributed by atoms with Gasteiger partial charge in [0.15, 0.2) is 5.96 Å². The summed E-state index contributed by atoms with van der Waals surface area (Å²) in [6.45, 7) is 1.06. The van der Waals surface area contributed by atoms with Crippen molar-refractivity contribution in [3.8, 4) is 0 Å². The number of guanidine groups is 1. The molecule has 27 heavy (non-hydrogen) atoms. The van der Waals surface area contributed by atoms with E-state index in [4.69, 9.17) is 11.6 Å². The number of benzene rings is 2. The molecule has 0 atom stereocenters. The van der Waals surface area contributed by atoms with Crippen LogP contribution >= 0.6 is 35.6 Å². The van der Waals surface area contributed by atoms with Crippen LogP contribution < -0.4 is 10.0 Å². The van der Waals surface area contributed by atoms with Crippen molar-refractivity contribution in [1.29, 1.82) is 0 Å². The first kappa shape index (κ1) is 23.7. The van der Waals surface area contributed by atoms with Crippen molar-refractivity contribution in [3.63, 3.8) is 0 Å². The molecule has 0 aliphatic rings. The Hall–Kier alpha value is -1.36. The number of halogens is 2. The van der Waals surface area contributed by atoms with Crippen LogP contribution in [0, 0.1) is 0 Å². The number of sulfonamides is 1. The van der Waals surface area contributed by atoms with Gasteiger partial charge in [0.1, 0.15) is 0 Å². The maximum atomic E-state index is 11.9. The normalized spacial score (nSPS) is 11.6. The summed E-state index contributed by atoms with van der Waals surface area (Å²) in [5, 5.41) is 3.95. The predicted molar refractivity (Wildman–Crippen MR) is 121 cm³/mol. The van der Waals surface area contributed by atoms with Gasteiger partial charge < -0.3 is 10.2 Å². The molecular weight excluding hydrogens is 499 g/mol. The zero-order valence-corrected chi connectivity index (χ0v) is 19.3. The van der Waals surface area contributed by atoms with Crippen LogP contribution in [0.15, 0.2) is 58.4 Å². The van der Waals surface area contributed by atoms with Gasteiger partial charge in [-0.1, -0.05) is 41.9 Å². The van der Waals surface area contributed by atoms with Gasteiger partial charge in [-0.15, -0.1) is 24.0 Å². The fourth-order valence-corrected chi connectivity index (χ4v) is 3.46. The van der Waals surface area contributed by atoms with Gasteiger partial charge in [0.25, 0.3) is 0 Å². The fraction of sp³-hybridized carbons (Fsp3) is 0.278. The van der Waals surface area contributed by atoms with Crippen molar-refractivity contribution in [1.82, 2.24) is 14.9 Å². The second kappa shape index (κ2) is 10.8. The van der Waals surface area contributed by atoms with Crippen LogP contribution in [0.3, 0.4) is 0 Å². The molecule has 2 N–H and O–H groups in total. The van der Waals surface area contributed by atoms with Gasteiger partial charge in [-0.3, -0.25) is 4.99 Å². The SMILES string of the molecule is CN=C(NCc1cccc(S(=O)(=O)NC)c1)N(C)Cc1ccccc1Cl.I. The molecule has 148 valence electrons. The molecular formula is C18H24ClIN4O2S. The van der Waals surface area contributed by atoms with Gasteiger partial charge >= 0.3 is 0 Å². The van der Waals surface area contributed by atoms with E-state index >= 15 is 0 Å². The van der Waals surface area contributed by atoms with Crippen molar-refractivity contribution in [3.05, 3.63) is 64.7 Å². The maximum absolute atomic E-state index is 11.9. The molecule has 2 aromatic rings. The van der Waals surface area contributed by atoms with Gasteiger partial charge in [-0.2, -0.15) is 0 Å². The topological polar surface area (TPSA) is 73.8 Å². The number of rotatable bonds is 6. The summed E-state index contributed by atoms with van der Waals surface area (Å²) in [5.41, 5.74) is 1.84. The Bertz CT molecular complexity index is 890. The van der Waals surface area contributed by atoms with Crippen molar-refractivity contribution in [2.24, 2.45) is 4.99 Å². The van der Waals surface area contributed by atoms with Crippen LogP contribution in [-0.4, -0.2) is 40.4 Å². The number of nitrogens with one attached hydrogen (secondary N) is 2. The van der Waals surface area contributed by atoms with E-state index in [0.717, 1.165) is 11.1 Å². The van der Waals surface area contributed by atoms with Gasteiger partial charge in [0.05, 0.1) is 4.90 Å². The predicted octanol–water partition coefficient (Wildman–Crippen LogP) is 3.07. The highest BCUT2D eigenvalue weighted by molar-refractivity contribution is 14.0. The second-order valence-corrected chi connectivity index (χ2v) is 8.00. The quantitative estimate of drug-likeness (QED) is 0.347. The molecule has 0 aliphatic heterocycles. The van der Waals surface area contributed by atoms with E-state index in [-0.39, 0.29) is 28.9 Å². The summed E-state index contributed by atoms with van der Waals surface area (Å²) in [4.78, 5) is 6.46. The van der Waals surface area contributed by atoms with Crippen LogP contribution in [0.1, 0.15) is 11.1 Å². The monoisotopic (exact) mass is 522 g/mol. The molecule has 0 amide bonds. The molecule has 0 saturated heterocycles. The van der Waals surface area contributed by atoms with Crippen molar-refractivity contribution in [2.45, 2.75) is 18.0 Å². The highest BCUT2D eigenvalue weighted by atomic mass is 127. The summed E-state index contributed by atoms with van der Waals surface area (Å²) in [6, 6.07) is 14.4. The third-order valence-electron chi connectivity index (χ3n) is 3.87. The van der Waals surface area contributed by atoms with E-state index in [1.54, 1.807) is 25.2 Å². The Kier molecular flexibility index (Phi) is 9.51. The summed E-state index contributed by atoms with van der Waals surface area (Å²) in [5.74, 6) is 0.687. The molecule has 0 aromatic heterocycles. The molecule has 0 saturated carbocycles. The number of hydrogen-bond donors (Lipinski definition) is 2. The lowest BCUT2D eigenvalue weighted by atomic mass is 10.2. The van der Waals surface area contributed by atoms with Gasteiger partial charge in [0.2, 0.25) is 10.0 Å². The van der Waals surface area contributed by atoms with Gasteiger partial charge in [-0.05, 0) is 36.4 Å². The third-order valence-corrected chi connectivity index (χ3v) is 5.65. The molecule has 0 bridgehead atoms. The van der Waals surface area contributed by atoms with Gasteiger partial charge in [0, 0.05) is 32.2 Å². The molecule has 9 heteroatoms. The number of hydrogen-bond acceptors (Lipinski definition) is 3. The minimum atomic E-state index is -3.46. The highest BCUT2D eigenvalue weighted by Gasteiger charge is 2.12. The van der Waals surface area contributed by atoms with Gasteiger partial charge in [-0.25, -0.2) is 13.1 Å². The first-order valence-electron chi connectivity index (χ1n) is 8.05. The smallest absolute Gasteiger partial charge is 0.240 e. The van der Waals surface area contributed by atoms with E-state index in [2.05, 4.69) is 15.0 Å². The third kappa shape index (κ3) is 6.63. The minimum absolute atomic E-state index is 0. The maximum Gasteiger partial charge on any atom is 0.240 e. The molecule has 6 nitrogen and oxygen atoms in total. The van der Waals surface area contributed by atoms with Crippen LogP contribution in [0.5, 0.6) is 0 Å². The lowest BCUT2D eigenvalue weighted by molar-refractivity contribution is 0.476. The molecule has 0 fully saturated rings. The summed E-state index contributed by atoms with van der Waals surface area (Å²) in [6.07, 6.45) is 0. The highest BCUT2D eigenvalue weighted by Crippen LogP contribution is 2.16.